The molecule has 0 amide bonds. The van der Waals surface area contributed by atoms with Gasteiger partial charge in [0.05, 0.1) is 5.69 Å². The molecule has 4 nitrogen and oxygen atoms in total. The molecule has 0 bridgehead atoms. The maximum absolute atomic E-state index is 14.1. The Kier molecular flexibility index (Phi) is 3.16. The van der Waals surface area contributed by atoms with Gasteiger partial charge in [-0.2, -0.15) is 0 Å². The van der Waals surface area contributed by atoms with E-state index in [1.807, 2.05) is 0 Å². The fourth-order valence-electron chi connectivity index (χ4n) is 3.10. The van der Waals surface area contributed by atoms with Gasteiger partial charge in [0.2, 0.25) is 5.95 Å². The fourth-order valence-corrected chi connectivity index (χ4v) is 3.10. The highest BCUT2D eigenvalue weighted by atomic mass is 19.1. The lowest BCUT2D eigenvalue weighted by Gasteiger charge is -2.21. The van der Waals surface area contributed by atoms with E-state index in [9.17, 15) is 8.78 Å². The Hall–Kier alpha value is -1.30. The molecule has 0 radical (unpaired) electrons. The molecule has 0 saturated carbocycles. The molecular formula is C14H20F2N4. The summed E-state index contributed by atoms with van der Waals surface area (Å²) in [6, 6.07) is 0. The van der Waals surface area contributed by atoms with E-state index in [1.54, 1.807) is 6.92 Å². The van der Waals surface area contributed by atoms with Gasteiger partial charge in [-0.1, -0.05) is 0 Å². The number of nitrogens with one attached hydrogen (secondary N) is 1. The molecule has 3 heterocycles. The number of nitrogens with zero attached hydrogens (tertiary/aromatic N) is 3. The Morgan fingerprint density at radius 2 is 1.80 bits per heavy atom. The topological polar surface area (TPSA) is 41.1 Å². The van der Waals surface area contributed by atoms with Gasteiger partial charge in [0.15, 0.2) is 5.82 Å². The molecule has 2 atom stereocenters. The van der Waals surface area contributed by atoms with Crippen LogP contribution in [0.1, 0.15) is 25.2 Å². The van der Waals surface area contributed by atoms with Crippen molar-refractivity contribution in [2.24, 2.45) is 11.8 Å². The van der Waals surface area contributed by atoms with Crippen LogP contribution in [0, 0.1) is 24.6 Å². The molecule has 20 heavy (non-hydrogen) atoms. The van der Waals surface area contributed by atoms with Gasteiger partial charge in [-0.3, -0.25) is 0 Å². The monoisotopic (exact) mass is 282 g/mol. The highest BCUT2D eigenvalue weighted by Crippen LogP contribution is 2.32. The van der Waals surface area contributed by atoms with E-state index < -0.39 is 11.5 Å². The van der Waals surface area contributed by atoms with Crippen molar-refractivity contribution in [2.75, 3.05) is 31.1 Å². The molecule has 3 rings (SSSR count). The van der Waals surface area contributed by atoms with Gasteiger partial charge in [-0.25, -0.2) is 18.7 Å². The predicted molar refractivity (Wildman–Crippen MR) is 72.9 cm³/mol. The summed E-state index contributed by atoms with van der Waals surface area (Å²) in [7, 11) is 0. The van der Waals surface area contributed by atoms with Crippen LogP contribution in [-0.2, 0) is 5.67 Å². The first-order valence-electron chi connectivity index (χ1n) is 7.05. The minimum Gasteiger partial charge on any atom is -0.340 e. The second-order valence-electron chi connectivity index (χ2n) is 6.33. The third-order valence-corrected chi connectivity index (χ3v) is 4.24. The minimum atomic E-state index is -1.80. The van der Waals surface area contributed by atoms with Crippen LogP contribution in [0.2, 0.25) is 0 Å². The molecule has 1 aromatic rings. The van der Waals surface area contributed by atoms with Gasteiger partial charge in [-0.05, 0) is 32.6 Å². The van der Waals surface area contributed by atoms with Crippen molar-refractivity contribution in [1.82, 2.24) is 15.3 Å². The zero-order valence-corrected chi connectivity index (χ0v) is 12.1. The molecule has 0 unspecified atom stereocenters. The summed E-state index contributed by atoms with van der Waals surface area (Å²) in [5.74, 6) is 0.998. The molecular weight excluding hydrogens is 262 g/mol. The predicted octanol–water partition coefficient (Wildman–Crippen LogP) is 1.78. The first-order valence-corrected chi connectivity index (χ1v) is 7.05. The van der Waals surface area contributed by atoms with Crippen LogP contribution < -0.4 is 10.2 Å². The number of rotatable bonds is 2. The van der Waals surface area contributed by atoms with Crippen molar-refractivity contribution in [3.8, 4) is 0 Å². The van der Waals surface area contributed by atoms with E-state index in [4.69, 9.17) is 0 Å². The highest BCUT2D eigenvalue weighted by molar-refractivity contribution is 5.37. The lowest BCUT2D eigenvalue weighted by molar-refractivity contribution is 0.205. The molecule has 2 saturated heterocycles. The summed E-state index contributed by atoms with van der Waals surface area (Å²) in [6.45, 7) is 7.93. The van der Waals surface area contributed by atoms with E-state index in [0.29, 0.717) is 17.8 Å². The molecule has 2 aliphatic heterocycles. The van der Waals surface area contributed by atoms with Crippen LogP contribution in [0.15, 0.2) is 0 Å². The number of anilines is 1. The second-order valence-corrected chi connectivity index (χ2v) is 6.33. The first-order chi connectivity index (χ1) is 9.36. The number of alkyl halides is 1. The Balaban J connectivity index is 1.93. The van der Waals surface area contributed by atoms with Crippen LogP contribution >= 0.6 is 0 Å². The largest absolute Gasteiger partial charge is 0.340 e. The van der Waals surface area contributed by atoms with Gasteiger partial charge in [0.25, 0.3) is 0 Å². The fraction of sp³-hybridized carbons (Fsp3) is 0.714. The Bertz CT molecular complexity index is 515. The molecule has 0 aliphatic carbocycles. The van der Waals surface area contributed by atoms with Gasteiger partial charge in [-0.15, -0.1) is 0 Å². The van der Waals surface area contributed by atoms with Crippen LogP contribution in [0.5, 0.6) is 0 Å². The van der Waals surface area contributed by atoms with E-state index in [2.05, 4.69) is 20.2 Å². The van der Waals surface area contributed by atoms with Crippen molar-refractivity contribution in [1.29, 1.82) is 0 Å². The number of hydrogen-bond acceptors (Lipinski definition) is 4. The number of hydrogen-bond donors (Lipinski definition) is 1. The third-order valence-electron chi connectivity index (χ3n) is 4.24. The van der Waals surface area contributed by atoms with Gasteiger partial charge < -0.3 is 10.2 Å². The number of fused-ring (bicyclic) bond motifs is 1. The Morgan fingerprint density at radius 1 is 1.20 bits per heavy atom. The van der Waals surface area contributed by atoms with E-state index in [1.165, 1.54) is 13.8 Å². The van der Waals surface area contributed by atoms with Crippen LogP contribution in [-0.4, -0.2) is 36.1 Å². The Labute approximate surface area is 117 Å². The van der Waals surface area contributed by atoms with Crippen LogP contribution in [0.4, 0.5) is 14.7 Å². The second kappa shape index (κ2) is 4.62. The molecule has 2 aliphatic rings. The Morgan fingerprint density at radius 3 is 2.35 bits per heavy atom. The molecule has 0 aromatic carbocycles. The van der Waals surface area contributed by atoms with Crippen LogP contribution in [0.25, 0.3) is 0 Å². The van der Waals surface area contributed by atoms with Gasteiger partial charge in [0.1, 0.15) is 11.4 Å². The average molecular weight is 282 g/mol. The first kappa shape index (κ1) is 13.7. The third kappa shape index (κ3) is 2.26. The number of halogens is 2. The zero-order valence-electron chi connectivity index (χ0n) is 12.1. The smallest absolute Gasteiger partial charge is 0.226 e. The summed E-state index contributed by atoms with van der Waals surface area (Å²) in [4.78, 5) is 10.4. The van der Waals surface area contributed by atoms with Crippen molar-refractivity contribution in [3.05, 3.63) is 17.2 Å². The summed E-state index contributed by atoms with van der Waals surface area (Å²) >= 11 is 0. The van der Waals surface area contributed by atoms with E-state index in [0.717, 1.165) is 26.2 Å². The van der Waals surface area contributed by atoms with Crippen molar-refractivity contribution >= 4 is 5.95 Å². The highest BCUT2D eigenvalue weighted by Gasteiger charge is 2.38. The molecule has 2 fully saturated rings. The van der Waals surface area contributed by atoms with Crippen molar-refractivity contribution in [2.45, 2.75) is 26.4 Å². The molecule has 110 valence electrons. The van der Waals surface area contributed by atoms with Crippen molar-refractivity contribution in [3.63, 3.8) is 0 Å². The lowest BCUT2D eigenvalue weighted by Crippen LogP contribution is -2.29. The zero-order chi connectivity index (χ0) is 14.5. The number of aromatic nitrogens is 2. The molecule has 1 N–H and O–H groups in total. The maximum atomic E-state index is 14.1. The molecule has 6 heteroatoms. The van der Waals surface area contributed by atoms with Gasteiger partial charge in [0, 0.05) is 26.2 Å². The minimum absolute atomic E-state index is 0.143. The maximum Gasteiger partial charge on any atom is 0.226 e. The summed E-state index contributed by atoms with van der Waals surface area (Å²) in [5, 5.41) is 3.36. The standard InChI is InChI=1S/C14H20F2N4/c1-8-11(15)12(14(2,3)16)19-13(18-8)20-6-9-4-17-5-10(9)7-20/h9-10,17H,4-7H2,1-3H3/t9-,10+. The normalized spacial score (nSPS) is 26.1. The quantitative estimate of drug-likeness (QED) is 0.898. The summed E-state index contributed by atoms with van der Waals surface area (Å²) in [6.07, 6.45) is 0. The summed E-state index contributed by atoms with van der Waals surface area (Å²) in [5.41, 5.74) is -1.73. The van der Waals surface area contributed by atoms with Crippen LogP contribution in [0.3, 0.4) is 0 Å². The van der Waals surface area contributed by atoms with Crippen molar-refractivity contribution < 1.29 is 8.78 Å². The molecule has 1 aromatic heterocycles. The lowest BCUT2D eigenvalue weighted by atomic mass is 10.0. The van der Waals surface area contributed by atoms with Gasteiger partial charge >= 0.3 is 0 Å². The average Bonchev–Trinajstić information content (AvgIpc) is 2.91. The summed E-state index contributed by atoms with van der Waals surface area (Å²) < 4.78 is 28.1. The SMILES string of the molecule is Cc1nc(N2C[C@H]3CNC[C@H]3C2)nc(C(C)(C)F)c1F. The van der Waals surface area contributed by atoms with E-state index in [-0.39, 0.29) is 11.4 Å². The van der Waals surface area contributed by atoms with E-state index >= 15 is 0 Å². The number of aryl methyl sites for hydroxylation is 1. The molecule has 0 spiro atoms.